The van der Waals surface area contributed by atoms with E-state index in [-0.39, 0.29) is 11.6 Å². The van der Waals surface area contributed by atoms with Crippen LogP contribution in [0.1, 0.15) is 18.4 Å². The largest absolute Gasteiger partial charge is 0.508 e. The van der Waals surface area contributed by atoms with Crippen LogP contribution < -0.4 is 16.4 Å². The highest BCUT2D eigenvalue weighted by Gasteiger charge is 2.45. The molecule has 1 aliphatic rings. The third-order valence-corrected chi connectivity index (χ3v) is 6.00. The molecule has 1 aromatic carbocycles. The first kappa shape index (κ1) is 23.8. The molecule has 0 radical (unpaired) electrons. The van der Waals surface area contributed by atoms with Gasteiger partial charge in [0.05, 0.1) is 25.0 Å². The number of carbonyl (C=O) groups excluding carboxylic acids is 1. The second-order valence-corrected chi connectivity index (χ2v) is 8.17. The van der Waals surface area contributed by atoms with Crippen molar-refractivity contribution in [3.63, 3.8) is 0 Å². The van der Waals surface area contributed by atoms with E-state index in [1.165, 1.54) is 24.8 Å². The molecule has 0 spiro atoms. The van der Waals surface area contributed by atoms with Crippen molar-refractivity contribution < 1.29 is 30.0 Å². The topological polar surface area (TPSA) is 212 Å². The van der Waals surface area contributed by atoms with Gasteiger partial charge in [-0.2, -0.15) is 0 Å². The zero-order valence-corrected chi connectivity index (χ0v) is 18.2. The van der Waals surface area contributed by atoms with E-state index in [4.69, 9.17) is 10.5 Å². The number of carbonyl (C=O) groups is 1. The van der Waals surface area contributed by atoms with Crippen LogP contribution in [0, 0.1) is 0 Å². The molecule has 3 heterocycles. The van der Waals surface area contributed by atoms with Crippen LogP contribution in [0.25, 0.3) is 11.2 Å². The highest BCUT2D eigenvalue weighted by atomic mass is 16.5. The summed E-state index contributed by atoms with van der Waals surface area (Å²) in [4.78, 5) is 27.8. The summed E-state index contributed by atoms with van der Waals surface area (Å²) in [5.41, 5.74) is 7.73. The van der Waals surface area contributed by atoms with E-state index >= 15 is 0 Å². The number of phenolic OH excluding ortho intramolecular Hbond substituents is 1. The minimum absolute atomic E-state index is 0.0922. The molecule has 3 aromatic rings. The molecule has 9 N–H and O–H groups in total. The van der Waals surface area contributed by atoms with Gasteiger partial charge in [0.25, 0.3) is 0 Å². The van der Waals surface area contributed by atoms with Gasteiger partial charge in [-0.25, -0.2) is 15.0 Å². The minimum atomic E-state index is -1.48. The number of phenols is 1. The number of nitrogens with one attached hydrogen (secondary N) is 3. The molecule has 1 amide bonds. The fraction of sp³-hybridized carbons (Fsp3) is 0.429. The molecule has 0 saturated carbocycles. The quantitative estimate of drug-likeness (QED) is 0.198. The Morgan fingerprint density at radius 3 is 2.65 bits per heavy atom. The molecule has 0 bridgehead atoms. The molecule has 0 aliphatic carbocycles. The van der Waals surface area contributed by atoms with Crippen LogP contribution in [0.4, 0.5) is 5.82 Å². The molecular weight excluding hydrogens is 446 g/mol. The average Bonchev–Trinajstić information content (AvgIpc) is 3.33. The fourth-order valence-electron chi connectivity index (χ4n) is 3.90. The summed E-state index contributed by atoms with van der Waals surface area (Å²) in [5, 5.41) is 46.2. The number of nitrogens with zero attached hydrogens (tertiary/aromatic N) is 3. The molecule has 2 aromatic heterocycles. The number of amides is 1. The lowest BCUT2D eigenvalue weighted by molar-refractivity contribution is -0.185. The summed E-state index contributed by atoms with van der Waals surface area (Å²) in [5.74, 6) is -0.638. The van der Waals surface area contributed by atoms with Gasteiger partial charge < -0.3 is 46.5 Å². The number of hydrogen-bond acceptors (Lipinski definition) is 11. The monoisotopic (exact) mass is 473 g/mol. The van der Waals surface area contributed by atoms with Gasteiger partial charge >= 0.3 is 0 Å². The first-order valence-corrected chi connectivity index (χ1v) is 10.7. The SMILES string of the molecule is C[C@H](c1ccc(O)cc1)[C@H](N)C(=O)NC1[C@H](CO)O[C@H](Nc2ncnc3nc[nH]c23)[C@@H](O)[C@@H]1O. The van der Waals surface area contributed by atoms with Crippen LogP contribution in [0.15, 0.2) is 36.9 Å². The number of fused-ring (bicyclic) bond motifs is 1. The summed E-state index contributed by atoms with van der Waals surface area (Å²) < 4.78 is 5.75. The summed E-state index contributed by atoms with van der Waals surface area (Å²) in [7, 11) is 0. The van der Waals surface area contributed by atoms with Gasteiger partial charge in [0.15, 0.2) is 17.7 Å². The lowest BCUT2D eigenvalue weighted by Gasteiger charge is -2.43. The number of benzene rings is 1. The van der Waals surface area contributed by atoms with Crippen molar-refractivity contribution in [3.8, 4) is 5.75 Å². The van der Waals surface area contributed by atoms with Crippen molar-refractivity contribution >= 4 is 22.9 Å². The Hall–Kier alpha value is -3.36. The third kappa shape index (κ3) is 4.64. The smallest absolute Gasteiger partial charge is 0.237 e. The Bertz CT molecular complexity index is 1120. The molecule has 1 unspecified atom stereocenters. The van der Waals surface area contributed by atoms with Crippen LogP contribution in [0.2, 0.25) is 0 Å². The summed E-state index contributed by atoms with van der Waals surface area (Å²) in [6.45, 7) is 1.21. The second kappa shape index (κ2) is 9.87. The lowest BCUT2D eigenvalue weighted by atomic mass is 9.91. The number of imidazole rings is 1. The average molecular weight is 473 g/mol. The first-order valence-electron chi connectivity index (χ1n) is 10.7. The van der Waals surface area contributed by atoms with E-state index in [1.807, 2.05) is 0 Å². The highest BCUT2D eigenvalue weighted by Crippen LogP contribution is 2.25. The maximum Gasteiger partial charge on any atom is 0.237 e. The molecule has 1 aliphatic heterocycles. The van der Waals surface area contributed by atoms with E-state index in [0.29, 0.717) is 11.2 Å². The number of aromatic nitrogens is 4. The third-order valence-electron chi connectivity index (χ3n) is 6.00. The fourth-order valence-corrected chi connectivity index (χ4v) is 3.90. The zero-order chi connectivity index (χ0) is 24.4. The number of H-pyrrole nitrogens is 1. The van der Waals surface area contributed by atoms with Crippen molar-refractivity contribution in [1.82, 2.24) is 25.3 Å². The number of aromatic amines is 1. The van der Waals surface area contributed by atoms with Crippen LogP contribution in [0.3, 0.4) is 0 Å². The number of hydrogen-bond donors (Lipinski definition) is 8. The van der Waals surface area contributed by atoms with Crippen LogP contribution in [-0.4, -0.2) is 89.5 Å². The molecule has 1 saturated heterocycles. The Kier molecular flexibility index (Phi) is 6.90. The van der Waals surface area contributed by atoms with Crippen LogP contribution in [0.5, 0.6) is 5.75 Å². The zero-order valence-electron chi connectivity index (χ0n) is 18.2. The molecule has 13 nitrogen and oxygen atoms in total. The van der Waals surface area contributed by atoms with E-state index in [9.17, 15) is 25.2 Å². The van der Waals surface area contributed by atoms with Crippen LogP contribution in [-0.2, 0) is 9.53 Å². The van der Waals surface area contributed by atoms with Crippen molar-refractivity contribution in [2.75, 3.05) is 11.9 Å². The molecular formula is C21H27N7O6. The van der Waals surface area contributed by atoms with Crippen LogP contribution >= 0.6 is 0 Å². The van der Waals surface area contributed by atoms with Gasteiger partial charge in [0.1, 0.15) is 35.9 Å². The first-order chi connectivity index (χ1) is 16.3. The van der Waals surface area contributed by atoms with Gasteiger partial charge in [-0.1, -0.05) is 19.1 Å². The standard InChI is InChI=1S/C21H27N7O6/c1-9(10-2-4-11(30)5-3-10)13(22)20(33)27-14-12(6-29)34-21(17(32)16(14)31)28-19-15-18(24-7-23-15)25-8-26-19/h2-5,7-9,12-14,16-17,21,29-32H,6,22H2,1H3,(H,27,33)(H2,23,24,25,26,28)/t9-,12+,13+,14?,16-,17+,21+/m1/s1. The van der Waals surface area contributed by atoms with Gasteiger partial charge in [-0.3, -0.25) is 4.79 Å². The van der Waals surface area contributed by atoms with Gasteiger partial charge in [-0.05, 0) is 17.7 Å². The molecule has 1 fully saturated rings. The number of aromatic hydroxyl groups is 1. The molecule has 182 valence electrons. The molecule has 13 heteroatoms. The Morgan fingerprint density at radius 1 is 1.21 bits per heavy atom. The maximum absolute atomic E-state index is 12.8. The normalized spacial score (nSPS) is 26.7. The number of aliphatic hydroxyl groups excluding tert-OH is 3. The minimum Gasteiger partial charge on any atom is -0.508 e. The molecule has 7 atom stereocenters. The van der Waals surface area contributed by atoms with E-state index in [1.54, 1.807) is 19.1 Å². The summed E-state index contributed by atoms with van der Waals surface area (Å²) >= 11 is 0. The van der Waals surface area contributed by atoms with E-state index in [0.717, 1.165) is 5.56 Å². The summed E-state index contributed by atoms with van der Waals surface area (Å²) in [6.07, 6.45) is -2.45. The predicted octanol–water partition coefficient (Wildman–Crippen LogP) is -1.47. The Morgan fingerprint density at radius 2 is 1.94 bits per heavy atom. The van der Waals surface area contributed by atoms with Crippen molar-refractivity contribution in [2.24, 2.45) is 5.73 Å². The van der Waals surface area contributed by atoms with E-state index in [2.05, 4.69) is 30.6 Å². The maximum atomic E-state index is 12.8. The predicted molar refractivity (Wildman–Crippen MR) is 119 cm³/mol. The summed E-state index contributed by atoms with van der Waals surface area (Å²) in [6, 6.07) is 4.18. The van der Waals surface area contributed by atoms with Crippen molar-refractivity contribution in [2.45, 2.75) is 49.5 Å². The van der Waals surface area contributed by atoms with Gasteiger partial charge in [0.2, 0.25) is 5.91 Å². The Balaban J connectivity index is 1.45. The number of aliphatic hydroxyl groups is 3. The number of nitrogens with two attached hydrogens (primary N) is 1. The van der Waals surface area contributed by atoms with Crippen molar-refractivity contribution in [3.05, 3.63) is 42.5 Å². The molecule has 4 rings (SSSR count). The molecule has 34 heavy (non-hydrogen) atoms. The van der Waals surface area contributed by atoms with Crippen molar-refractivity contribution in [1.29, 1.82) is 0 Å². The highest BCUT2D eigenvalue weighted by molar-refractivity contribution is 5.83. The number of ether oxygens (including phenoxy) is 1. The lowest BCUT2D eigenvalue weighted by Crippen LogP contribution is -2.67. The number of anilines is 1. The second-order valence-electron chi connectivity index (χ2n) is 8.17. The number of rotatable bonds is 7. The van der Waals surface area contributed by atoms with Gasteiger partial charge in [0, 0.05) is 5.92 Å². The van der Waals surface area contributed by atoms with Gasteiger partial charge in [-0.15, -0.1) is 0 Å². The van der Waals surface area contributed by atoms with E-state index < -0.39 is 55.1 Å². The Labute approximate surface area is 194 Å².